The van der Waals surface area contributed by atoms with E-state index in [1.807, 2.05) is 0 Å². The minimum atomic E-state index is 0.632. The van der Waals surface area contributed by atoms with Crippen LogP contribution in [0.5, 0.6) is 0 Å². The van der Waals surface area contributed by atoms with Crippen molar-refractivity contribution in [3.8, 4) is 0 Å². The SMILES string of the molecule is CC(C)NCCCCN1C(C)CCCC1C. The van der Waals surface area contributed by atoms with Gasteiger partial charge in [-0.1, -0.05) is 20.3 Å². The topological polar surface area (TPSA) is 15.3 Å². The summed E-state index contributed by atoms with van der Waals surface area (Å²) in [6, 6.07) is 2.25. The van der Waals surface area contributed by atoms with Crippen LogP contribution in [0.15, 0.2) is 0 Å². The molecule has 16 heavy (non-hydrogen) atoms. The van der Waals surface area contributed by atoms with Crippen molar-refractivity contribution in [2.75, 3.05) is 13.1 Å². The van der Waals surface area contributed by atoms with E-state index < -0.39 is 0 Å². The van der Waals surface area contributed by atoms with Crippen molar-refractivity contribution < 1.29 is 0 Å². The highest BCUT2D eigenvalue weighted by Crippen LogP contribution is 2.22. The number of likely N-dealkylation sites (tertiary alicyclic amines) is 1. The van der Waals surface area contributed by atoms with E-state index in [0.717, 1.165) is 12.1 Å². The molecule has 0 aromatic rings. The van der Waals surface area contributed by atoms with Gasteiger partial charge in [0.15, 0.2) is 0 Å². The zero-order valence-electron chi connectivity index (χ0n) is 11.6. The molecule has 0 saturated carbocycles. The molecule has 1 aliphatic rings. The number of piperidine rings is 1. The first-order valence-electron chi connectivity index (χ1n) is 7.10. The number of hydrogen-bond donors (Lipinski definition) is 1. The fourth-order valence-electron chi connectivity index (χ4n) is 2.73. The second-order valence-corrected chi connectivity index (χ2v) is 5.68. The average molecular weight is 226 g/mol. The van der Waals surface area contributed by atoms with Crippen molar-refractivity contribution in [3.63, 3.8) is 0 Å². The van der Waals surface area contributed by atoms with Gasteiger partial charge in [0.05, 0.1) is 0 Å². The molecule has 0 aromatic carbocycles. The van der Waals surface area contributed by atoms with Gasteiger partial charge >= 0.3 is 0 Å². The second kappa shape index (κ2) is 7.29. The van der Waals surface area contributed by atoms with Crippen molar-refractivity contribution in [3.05, 3.63) is 0 Å². The lowest BCUT2D eigenvalue weighted by Crippen LogP contribution is -2.44. The van der Waals surface area contributed by atoms with Gasteiger partial charge in [-0.3, -0.25) is 4.90 Å². The third kappa shape index (κ3) is 4.84. The number of unbranched alkanes of at least 4 members (excludes halogenated alkanes) is 1. The van der Waals surface area contributed by atoms with Crippen LogP contribution in [-0.2, 0) is 0 Å². The summed E-state index contributed by atoms with van der Waals surface area (Å²) >= 11 is 0. The van der Waals surface area contributed by atoms with Gasteiger partial charge in [-0.25, -0.2) is 0 Å². The van der Waals surface area contributed by atoms with Crippen LogP contribution in [0.2, 0.25) is 0 Å². The van der Waals surface area contributed by atoms with Crippen LogP contribution in [0.4, 0.5) is 0 Å². The van der Waals surface area contributed by atoms with Gasteiger partial charge in [0, 0.05) is 18.1 Å². The molecular formula is C14H30N2. The van der Waals surface area contributed by atoms with E-state index in [-0.39, 0.29) is 0 Å². The Morgan fingerprint density at radius 2 is 1.75 bits per heavy atom. The molecule has 1 saturated heterocycles. The molecule has 2 unspecified atom stereocenters. The predicted octanol–water partition coefficient (Wildman–Crippen LogP) is 3.03. The van der Waals surface area contributed by atoms with Gasteiger partial charge in [0.1, 0.15) is 0 Å². The van der Waals surface area contributed by atoms with Gasteiger partial charge in [0.2, 0.25) is 0 Å². The van der Waals surface area contributed by atoms with Gasteiger partial charge in [-0.2, -0.15) is 0 Å². The lowest BCUT2D eigenvalue weighted by Gasteiger charge is -2.39. The number of nitrogens with one attached hydrogen (secondary N) is 1. The van der Waals surface area contributed by atoms with E-state index in [1.54, 1.807) is 0 Å². The summed E-state index contributed by atoms with van der Waals surface area (Å²) in [7, 11) is 0. The van der Waals surface area contributed by atoms with Crippen LogP contribution < -0.4 is 5.32 Å². The predicted molar refractivity (Wildman–Crippen MR) is 71.9 cm³/mol. The standard InChI is InChI=1S/C14H30N2/c1-12(2)15-10-5-6-11-16-13(3)8-7-9-14(16)4/h12-15H,5-11H2,1-4H3. The third-order valence-electron chi connectivity index (χ3n) is 3.77. The Morgan fingerprint density at radius 1 is 1.12 bits per heavy atom. The highest BCUT2D eigenvalue weighted by molar-refractivity contribution is 4.79. The smallest absolute Gasteiger partial charge is 0.00697 e. The second-order valence-electron chi connectivity index (χ2n) is 5.68. The Bertz CT molecular complexity index is 170. The lowest BCUT2D eigenvalue weighted by atomic mass is 9.97. The minimum Gasteiger partial charge on any atom is -0.315 e. The normalized spacial score (nSPS) is 27.6. The summed E-state index contributed by atoms with van der Waals surface area (Å²) in [4.78, 5) is 2.71. The van der Waals surface area contributed by atoms with E-state index >= 15 is 0 Å². The van der Waals surface area contributed by atoms with Crippen LogP contribution in [0.1, 0.15) is 59.8 Å². The molecular weight excluding hydrogens is 196 g/mol. The van der Waals surface area contributed by atoms with Crippen LogP contribution in [-0.4, -0.2) is 36.1 Å². The van der Waals surface area contributed by atoms with Gasteiger partial charge in [-0.05, 0) is 52.6 Å². The Morgan fingerprint density at radius 3 is 2.31 bits per heavy atom. The summed E-state index contributed by atoms with van der Waals surface area (Å²) in [5.74, 6) is 0. The molecule has 1 N–H and O–H groups in total. The van der Waals surface area contributed by atoms with Crippen molar-refractivity contribution in [2.24, 2.45) is 0 Å². The van der Waals surface area contributed by atoms with E-state index in [0.29, 0.717) is 6.04 Å². The van der Waals surface area contributed by atoms with E-state index in [1.165, 1.54) is 45.2 Å². The fourth-order valence-corrected chi connectivity index (χ4v) is 2.73. The Labute approximate surface area is 102 Å². The molecule has 0 bridgehead atoms. The van der Waals surface area contributed by atoms with E-state index in [2.05, 4.69) is 37.9 Å². The quantitative estimate of drug-likeness (QED) is 0.700. The number of hydrogen-bond acceptors (Lipinski definition) is 2. The molecule has 0 amide bonds. The highest BCUT2D eigenvalue weighted by atomic mass is 15.2. The third-order valence-corrected chi connectivity index (χ3v) is 3.77. The van der Waals surface area contributed by atoms with Gasteiger partial charge < -0.3 is 5.32 Å². The first-order chi connectivity index (χ1) is 7.61. The van der Waals surface area contributed by atoms with Crippen molar-refractivity contribution in [1.29, 1.82) is 0 Å². The largest absolute Gasteiger partial charge is 0.315 e. The summed E-state index contributed by atoms with van der Waals surface area (Å²) < 4.78 is 0. The van der Waals surface area contributed by atoms with Crippen LogP contribution in [0, 0.1) is 0 Å². The molecule has 1 heterocycles. The monoisotopic (exact) mass is 226 g/mol. The van der Waals surface area contributed by atoms with Gasteiger partial charge in [-0.15, -0.1) is 0 Å². The van der Waals surface area contributed by atoms with Crippen LogP contribution in [0.25, 0.3) is 0 Å². The molecule has 1 rings (SSSR count). The molecule has 1 aliphatic heterocycles. The first kappa shape index (κ1) is 14.0. The van der Waals surface area contributed by atoms with E-state index in [4.69, 9.17) is 0 Å². The zero-order chi connectivity index (χ0) is 12.0. The molecule has 96 valence electrons. The fraction of sp³-hybridized carbons (Fsp3) is 1.00. The van der Waals surface area contributed by atoms with Gasteiger partial charge in [0.25, 0.3) is 0 Å². The Balaban J connectivity index is 2.10. The molecule has 0 radical (unpaired) electrons. The van der Waals surface area contributed by atoms with Crippen molar-refractivity contribution in [1.82, 2.24) is 10.2 Å². The Hall–Kier alpha value is -0.0800. The summed E-state index contributed by atoms with van der Waals surface area (Å²) in [6.07, 6.45) is 6.87. The average Bonchev–Trinajstić information content (AvgIpc) is 2.21. The zero-order valence-corrected chi connectivity index (χ0v) is 11.6. The summed E-state index contributed by atoms with van der Waals surface area (Å²) in [5.41, 5.74) is 0. The molecule has 0 aliphatic carbocycles. The van der Waals surface area contributed by atoms with Crippen LogP contribution in [0.3, 0.4) is 0 Å². The minimum absolute atomic E-state index is 0.632. The molecule has 2 atom stereocenters. The highest BCUT2D eigenvalue weighted by Gasteiger charge is 2.23. The van der Waals surface area contributed by atoms with Crippen molar-refractivity contribution in [2.45, 2.75) is 77.9 Å². The molecule has 2 heteroatoms. The number of nitrogens with zero attached hydrogens (tertiary/aromatic N) is 1. The molecule has 0 aromatic heterocycles. The maximum Gasteiger partial charge on any atom is 0.00697 e. The van der Waals surface area contributed by atoms with E-state index in [9.17, 15) is 0 Å². The maximum absolute atomic E-state index is 3.49. The molecule has 0 spiro atoms. The van der Waals surface area contributed by atoms with Crippen LogP contribution >= 0.6 is 0 Å². The summed E-state index contributed by atoms with van der Waals surface area (Å²) in [5, 5.41) is 3.49. The molecule has 2 nitrogen and oxygen atoms in total. The molecule has 1 fully saturated rings. The summed E-state index contributed by atoms with van der Waals surface area (Å²) in [6.45, 7) is 11.7. The maximum atomic E-state index is 3.49. The number of rotatable bonds is 6. The Kier molecular flexibility index (Phi) is 6.37. The lowest BCUT2D eigenvalue weighted by molar-refractivity contribution is 0.101. The van der Waals surface area contributed by atoms with Crippen molar-refractivity contribution >= 4 is 0 Å². The first-order valence-corrected chi connectivity index (χ1v) is 7.10.